The molecule has 0 aromatic rings. The second kappa shape index (κ2) is 5.52. The molecule has 1 unspecified atom stereocenters. The van der Waals surface area contributed by atoms with Crippen LogP contribution in [0.25, 0.3) is 0 Å². The lowest BCUT2D eigenvalue weighted by Gasteiger charge is -2.40. The maximum atomic E-state index is 12.6. The van der Waals surface area contributed by atoms with Crippen LogP contribution in [0.3, 0.4) is 0 Å². The molecule has 0 bridgehead atoms. The molecular formula is C15H24N4O4. The largest absolute Gasteiger partial charge is 0.392 e. The highest BCUT2D eigenvalue weighted by atomic mass is 16.3. The van der Waals surface area contributed by atoms with Crippen molar-refractivity contribution in [1.82, 2.24) is 20.0 Å². The number of hydrogen-bond donors (Lipinski definition) is 2. The molecule has 5 amide bonds. The van der Waals surface area contributed by atoms with Gasteiger partial charge in [0, 0.05) is 14.1 Å². The monoisotopic (exact) mass is 324 g/mol. The molecule has 2 N–H and O–H groups in total. The van der Waals surface area contributed by atoms with Crippen molar-refractivity contribution in [3.05, 3.63) is 12.2 Å². The summed E-state index contributed by atoms with van der Waals surface area (Å²) in [6.07, 6.45) is 2.82. The van der Waals surface area contributed by atoms with Gasteiger partial charge in [0.2, 0.25) is 5.91 Å². The number of carbonyl (C=O) groups excluding carboxylic acids is 3. The van der Waals surface area contributed by atoms with Crippen LogP contribution >= 0.6 is 0 Å². The number of aliphatic hydroxyl groups is 1. The lowest BCUT2D eigenvalue weighted by molar-refractivity contribution is -0.135. The van der Waals surface area contributed by atoms with Gasteiger partial charge < -0.3 is 20.2 Å². The van der Waals surface area contributed by atoms with Crippen molar-refractivity contribution in [2.45, 2.75) is 51.0 Å². The van der Waals surface area contributed by atoms with E-state index in [1.54, 1.807) is 40.1 Å². The van der Waals surface area contributed by atoms with E-state index in [1.807, 2.05) is 6.92 Å². The first-order chi connectivity index (χ1) is 10.6. The topological polar surface area (TPSA) is 93.2 Å². The quantitative estimate of drug-likeness (QED) is 0.744. The van der Waals surface area contributed by atoms with Crippen molar-refractivity contribution < 1.29 is 19.5 Å². The zero-order valence-corrected chi connectivity index (χ0v) is 14.2. The number of fused-ring (bicyclic) bond motifs is 1. The van der Waals surface area contributed by atoms with E-state index >= 15 is 0 Å². The molecule has 2 rings (SSSR count). The fraction of sp³-hybridized carbons (Fsp3) is 0.667. The number of nitrogens with zero attached hydrogens (tertiary/aromatic N) is 3. The minimum atomic E-state index is -1.19. The van der Waals surface area contributed by atoms with E-state index in [0.29, 0.717) is 6.42 Å². The van der Waals surface area contributed by atoms with E-state index in [2.05, 4.69) is 5.32 Å². The Hall–Kier alpha value is -2.09. The van der Waals surface area contributed by atoms with Crippen LogP contribution in [-0.2, 0) is 4.79 Å². The van der Waals surface area contributed by atoms with Crippen LogP contribution in [0.2, 0.25) is 0 Å². The van der Waals surface area contributed by atoms with E-state index in [-0.39, 0.29) is 12.5 Å². The zero-order valence-electron chi connectivity index (χ0n) is 14.2. The number of carbonyl (C=O) groups is 3. The molecule has 2 heterocycles. The maximum Gasteiger partial charge on any atom is 0.330 e. The molecule has 0 aliphatic carbocycles. The molecule has 8 heteroatoms. The van der Waals surface area contributed by atoms with Crippen molar-refractivity contribution in [3.63, 3.8) is 0 Å². The van der Waals surface area contributed by atoms with E-state index in [9.17, 15) is 19.5 Å². The molecular weight excluding hydrogens is 300 g/mol. The van der Waals surface area contributed by atoms with Crippen molar-refractivity contribution in [3.8, 4) is 0 Å². The van der Waals surface area contributed by atoms with Crippen LogP contribution in [0.1, 0.15) is 33.6 Å². The third-order valence-electron chi connectivity index (χ3n) is 5.11. The van der Waals surface area contributed by atoms with Crippen molar-refractivity contribution in [2.75, 3.05) is 14.1 Å². The summed E-state index contributed by atoms with van der Waals surface area (Å²) >= 11 is 0. The first-order valence-corrected chi connectivity index (χ1v) is 7.57. The Morgan fingerprint density at radius 1 is 1.30 bits per heavy atom. The lowest BCUT2D eigenvalue weighted by atomic mass is 9.96. The average Bonchev–Trinajstić information content (AvgIpc) is 2.74. The number of hydrogen-bond acceptors (Lipinski definition) is 4. The number of imide groups is 1. The van der Waals surface area contributed by atoms with Crippen LogP contribution in [0.5, 0.6) is 0 Å². The number of aliphatic hydroxyl groups excluding tert-OH is 1. The van der Waals surface area contributed by atoms with Gasteiger partial charge in [-0.15, -0.1) is 0 Å². The number of amides is 5. The van der Waals surface area contributed by atoms with E-state index in [0.717, 1.165) is 4.90 Å². The Labute approximate surface area is 135 Å². The highest BCUT2D eigenvalue weighted by Gasteiger charge is 2.70. The fourth-order valence-electron chi connectivity index (χ4n) is 3.31. The van der Waals surface area contributed by atoms with Gasteiger partial charge >= 0.3 is 12.1 Å². The molecule has 2 saturated heterocycles. The number of rotatable bonds is 4. The van der Waals surface area contributed by atoms with Gasteiger partial charge in [0.25, 0.3) is 0 Å². The third-order valence-corrected chi connectivity index (χ3v) is 5.11. The number of nitrogens with one attached hydrogen (secondary N) is 1. The maximum absolute atomic E-state index is 12.6. The fourth-order valence-corrected chi connectivity index (χ4v) is 3.31. The van der Waals surface area contributed by atoms with Crippen LogP contribution < -0.4 is 5.32 Å². The first-order valence-electron chi connectivity index (χ1n) is 7.57. The van der Waals surface area contributed by atoms with Gasteiger partial charge in [0.15, 0.2) is 11.3 Å². The number of likely N-dealkylation sites (N-methyl/N-ethyl adjacent to an activating group) is 2. The number of allylic oxidation sites excluding steroid dienone is 1. The molecule has 2 aliphatic rings. The van der Waals surface area contributed by atoms with Gasteiger partial charge in [-0.1, -0.05) is 12.2 Å². The van der Waals surface area contributed by atoms with Crippen LogP contribution in [-0.4, -0.2) is 69.3 Å². The molecule has 2 fully saturated rings. The van der Waals surface area contributed by atoms with E-state index in [4.69, 9.17) is 0 Å². The summed E-state index contributed by atoms with van der Waals surface area (Å²) in [6.45, 7) is 5.20. The van der Waals surface area contributed by atoms with Crippen molar-refractivity contribution in [2.24, 2.45) is 0 Å². The summed E-state index contributed by atoms with van der Waals surface area (Å²) in [5.41, 5.74) is -2.19. The highest BCUT2D eigenvalue weighted by molar-refractivity contribution is 6.00. The Kier molecular flexibility index (Phi) is 4.14. The molecule has 23 heavy (non-hydrogen) atoms. The van der Waals surface area contributed by atoms with E-state index in [1.165, 1.54) is 9.80 Å². The average molecular weight is 324 g/mol. The molecule has 0 spiro atoms. The van der Waals surface area contributed by atoms with Gasteiger partial charge in [0.1, 0.15) is 0 Å². The second-order valence-electron chi connectivity index (χ2n) is 6.32. The summed E-state index contributed by atoms with van der Waals surface area (Å²) in [4.78, 5) is 41.1. The SMILES string of the molecule is C/C=C/CC(O)CC(=O)N1C(=O)N(C)[C@]2(C)N(C)C(=O)N[C@]12C. The summed E-state index contributed by atoms with van der Waals surface area (Å²) in [5.74, 6) is -0.513. The minimum Gasteiger partial charge on any atom is -0.392 e. The molecule has 2 aliphatic heterocycles. The Balaban J connectivity index is 2.30. The third kappa shape index (κ3) is 2.20. The van der Waals surface area contributed by atoms with Crippen LogP contribution in [0, 0.1) is 0 Å². The van der Waals surface area contributed by atoms with Gasteiger partial charge in [-0.2, -0.15) is 0 Å². The molecule has 0 aromatic carbocycles. The predicted octanol–water partition coefficient (Wildman–Crippen LogP) is 0.685. The van der Waals surface area contributed by atoms with Gasteiger partial charge in [-0.05, 0) is 27.2 Å². The Bertz CT molecular complexity index is 578. The predicted molar refractivity (Wildman–Crippen MR) is 83.2 cm³/mol. The standard InChI is InChI=1S/C15H24N4O4/c1-6-7-8-10(20)9-11(21)19-13(23)18(5)15(3)14(19,2)16-12(22)17(15)4/h6-7,10,20H,8-9H2,1-5H3,(H,16,22)/b7-6+/t10?,14-,15+/m1/s1. The summed E-state index contributed by atoms with van der Waals surface area (Å²) in [6, 6.07) is -0.855. The van der Waals surface area contributed by atoms with Gasteiger partial charge in [-0.25, -0.2) is 14.5 Å². The summed E-state index contributed by atoms with van der Waals surface area (Å²) in [5, 5.41) is 12.7. The summed E-state index contributed by atoms with van der Waals surface area (Å²) in [7, 11) is 3.14. The molecule has 128 valence electrons. The van der Waals surface area contributed by atoms with Gasteiger partial charge in [0.05, 0.1) is 12.5 Å². The normalized spacial score (nSPS) is 31.8. The number of urea groups is 2. The molecule has 0 saturated carbocycles. The minimum absolute atomic E-state index is 0.185. The van der Waals surface area contributed by atoms with Crippen molar-refractivity contribution >= 4 is 18.0 Å². The summed E-state index contributed by atoms with van der Waals surface area (Å²) < 4.78 is 0. The second-order valence-corrected chi connectivity index (χ2v) is 6.32. The first kappa shape index (κ1) is 17.3. The molecule has 8 nitrogen and oxygen atoms in total. The van der Waals surface area contributed by atoms with Crippen LogP contribution in [0.15, 0.2) is 12.2 Å². The molecule has 0 radical (unpaired) electrons. The molecule has 0 aromatic heterocycles. The smallest absolute Gasteiger partial charge is 0.330 e. The zero-order chi connectivity index (χ0) is 17.6. The van der Waals surface area contributed by atoms with Gasteiger partial charge in [-0.3, -0.25) is 4.79 Å². The molecule has 3 atom stereocenters. The highest BCUT2D eigenvalue weighted by Crippen LogP contribution is 2.44. The Morgan fingerprint density at radius 3 is 2.48 bits per heavy atom. The van der Waals surface area contributed by atoms with Crippen molar-refractivity contribution in [1.29, 1.82) is 0 Å². The lowest BCUT2D eigenvalue weighted by Crippen LogP contribution is -2.64. The van der Waals surface area contributed by atoms with E-state index < -0.39 is 29.4 Å². The Morgan fingerprint density at radius 2 is 1.91 bits per heavy atom. The van der Waals surface area contributed by atoms with Crippen LogP contribution in [0.4, 0.5) is 9.59 Å².